The number of alkyl halides is 3. The van der Waals surface area contributed by atoms with Crippen LogP contribution in [0.2, 0.25) is 0 Å². The molecule has 10 heteroatoms. The molecule has 4 N–H and O–H groups in total. The molecule has 6 nitrogen and oxygen atoms in total. The number of carbonyl (C=O) groups is 1. The van der Waals surface area contributed by atoms with Crippen molar-refractivity contribution in [3.8, 4) is 0 Å². The second-order valence-electron chi connectivity index (χ2n) is 4.68. The van der Waals surface area contributed by atoms with Gasteiger partial charge in [0.05, 0.1) is 11.7 Å². The maximum Gasteiger partial charge on any atom is 0.417 e. The van der Waals surface area contributed by atoms with Gasteiger partial charge in [0.1, 0.15) is 11.8 Å². The van der Waals surface area contributed by atoms with Gasteiger partial charge in [0.15, 0.2) is 0 Å². The average Bonchev–Trinajstić information content (AvgIpc) is 2.88. The molecule has 1 amide bonds. The van der Waals surface area contributed by atoms with Crippen molar-refractivity contribution in [2.45, 2.75) is 31.2 Å². The molecule has 124 valence electrons. The van der Waals surface area contributed by atoms with Crippen LogP contribution in [0.3, 0.4) is 0 Å². The van der Waals surface area contributed by atoms with Crippen LogP contribution in [-0.4, -0.2) is 29.6 Å². The normalized spacial score (nSPS) is 21.3. The third-order valence-corrected chi connectivity index (χ3v) is 3.15. The van der Waals surface area contributed by atoms with E-state index < -0.39 is 35.0 Å². The zero-order chi connectivity index (χ0) is 15.6. The summed E-state index contributed by atoms with van der Waals surface area (Å²) in [5.41, 5.74) is 3.07. The van der Waals surface area contributed by atoms with Gasteiger partial charge in [-0.2, -0.15) is 13.2 Å². The topological polar surface area (TPSA) is 97.2 Å². The van der Waals surface area contributed by atoms with Gasteiger partial charge < -0.3 is 20.8 Å². The molecule has 0 aromatic carbocycles. The van der Waals surface area contributed by atoms with Gasteiger partial charge >= 0.3 is 6.18 Å². The number of anilines is 1. The van der Waals surface area contributed by atoms with E-state index in [9.17, 15) is 22.8 Å². The molecule has 0 aliphatic carbocycles. The highest BCUT2D eigenvalue weighted by molar-refractivity contribution is 5.94. The Bertz CT molecular complexity index is 591. The molecule has 0 radical (unpaired) electrons. The van der Waals surface area contributed by atoms with Crippen LogP contribution in [0.4, 0.5) is 18.9 Å². The first kappa shape index (κ1) is 18.5. The summed E-state index contributed by atoms with van der Waals surface area (Å²) in [5.74, 6) is -0.657. The van der Waals surface area contributed by atoms with Crippen molar-refractivity contribution in [1.82, 2.24) is 4.98 Å². The Labute approximate surface area is 129 Å². The van der Waals surface area contributed by atoms with Gasteiger partial charge in [-0.25, -0.2) is 0 Å². The molecular formula is C12H15ClF3N3O3. The van der Waals surface area contributed by atoms with E-state index in [4.69, 9.17) is 10.5 Å². The number of hydrogen-bond donors (Lipinski definition) is 3. The van der Waals surface area contributed by atoms with Gasteiger partial charge in [0.25, 0.3) is 11.5 Å². The first-order chi connectivity index (χ1) is 9.81. The van der Waals surface area contributed by atoms with Crippen LogP contribution in [0.25, 0.3) is 0 Å². The number of H-pyrrole nitrogens is 1. The van der Waals surface area contributed by atoms with Gasteiger partial charge in [-0.1, -0.05) is 0 Å². The van der Waals surface area contributed by atoms with Crippen molar-refractivity contribution >= 4 is 24.0 Å². The molecule has 0 spiro atoms. The molecule has 1 aromatic heterocycles. The summed E-state index contributed by atoms with van der Waals surface area (Å²) in [6.45, 7) is 0.258. The summed E-state index contributed by atoms with van der Waals surface area (Å²) in [7, 11) is 0. The highest BCUT2D eigenvalue weighted by atomic mass is 35.5. The van der Waals surface area contributed by atoms with Crippen LogP contribution < -0.4 is 16.6 Å². The number of aromatic nitrogens is 1. The fourth-order valence-electron chi connectivity index (χ4n) is 2.03. The van der Waals surface area contributed by atoms with Crippen molar-refractivity contribution in [2.24, 2.45) is 5.73 Å². The van der Waals surface area contributed by atoms with Crippen LogP contribution in [-0.2, 0) is 15.7 Å². The van der Waals surface area contributed by atoms with Crippen molar-refractivity contribution < 1.29 is 22.7 Å². The number of amides is 1. The molecule has 2 rings (SSSR count). The van der Waals surface area contributed by atoms with Crippen LogP contribution >= 0.6 is 12.4 Å². The van der Waals surface area contributed by atoms with Crippen LogP contribution in [0.1, 0.15) is 18.4 Å². The quantitative estimate of drug-likeness (QED) is 0.771. The summed E-state index contributed by atoms with van der Waals surface area (Å²) in [5, 5.41) is 2.16. The van der Waals surface area contributed by atoms with Gasteiger partial charge in [0, 0.05) is 12.7 Å². The largest absolute Gasteiger partial charge is 0.417 e. The lowest BCUT2D eigenvalue weighted by Crippen LogP contribution is -2.32. The molecule has 1 aliphatic heterocycles. The number of hydrogen-bond acceptors (Lipinski definition) is 4. The third kappa shape index (κ3) is 4.21. The predicted octanol–water partition coefficient (Wildman–Crippen LogP) is 1.26. The molecule has 1 aliphatic rings. The van der Waals surface area contributed by atoms with Crippen molar-refractivity contribution in [3.63, 3.8) is 0 Å². The molecular weight excluding hydrogens is 327 g/mol. The first-order valence-electron chi connectivity index (χ1n) is 6.27. The number of rotatable bonds is 3. The van der Waals surface area contributed by atoms with E-state index in [0.29, 0.717) is 25.1 Å². The average molecular weight is 342 g/mol. The summed E-state index contributed by atoms with van der Waals surface area (Å²) in [6, 6.07) is 0.589. The van der Waals surface area contributed by atoms with E-state index in [1.54, 1.807) is 0 Å². The summed E-state index contributed by atoms with van der Waals surface area (Å²) >= 11 is 0. The lowest BCUT2D eigenvalue weighted by molar-refractivity contribution is -0.137. The Morgan fingerprint density at radius 2 is 2.14 bits per heavy atom. The Balaban J connectivity index is 0.00000242. The second kappa shape index (κ2) is 7.12. The smallest absolute Gasteiger partial charge is 0.364 e. The molecule has 1 fully saturated rings. The molecule has 0 saturated carbocycles. The Hall–Kier alpha value is -1.58. The first-order valence-corrected chi connectivity index (χ1v) is 6.27. The molecule has 2 atom stereocenters. The summed E-state index contributed by atoms with van der Waals surface area (Å²) in [4.78, 5) is 25.3. The van der Waals surface area contributed by atoms with E-state index in [0.717, 1.165) is 0 Å². The number of pyridine rings is 1. The molecule has 1 aromatic rings. The van der Waals surface area contributed by atoms with Gasteiger partial charge in [-0.05, 0) is 18.9 Å². The Morgan fingerprint density at radius 3 is 2.68 bits per heavy atom. The fraction of sp³-hybridized carbons (Fsp3) is 0.500. The molecule has 0 unspecified atom stereocenters. The number of halogens is 4. The molecule has 2 heterocycles. The minimum absolute atomic E-state index is 0. The monoisotopic (exact) mass is 341 g/mol. The predicted molar refractivity (Wildman–Crippen MR) is 74.9 cm³/mol. The van der Waals surface area contributed by atoms with Crippen molar-refractivity contribution in [2.75, 3.05) is 11.9 Å². The highest BCUT2D eigenvalue weighted by Gasteiger charge is 2.33. The molecule has 1 saturated heterocycles. The number of nitrogens with two attached hydrogens (primary N) is 1. The second-order valence-corrected chi connectivity index (χ2v) is 4.68. The lowest BCUT2D eigenvalue weighted by Gasteiger charge is -2.13. The van der Waals surface area contributed by atoms with Gasteiger partial charge in [-0.15, -0.1) is 12.4 Å². The zero-order valence-electron chi connectivity index (χ0n) is 11.3. The SMILES string of the molecule is Cl.NC[C@H]1CC[C@@H](C(=O)Nc2cc(C(F)(F)F)c[nH]c2=O)O1. The maximum absolute atomic E-state index is 12.6. The van der Waals surface area contributed by atoms with Crippen LogP contribution in [0.5, 0.6) is 0 Å². The summed E-state index contributed by atoms with van der Waals surface area (Å²) in [6.07, 6.45) is -4.13. The maximum atomic E-state index is 12.6. The van der Waals surface area contributed by atoms with Crippen LogP contribution in [0, 0.1) is 0 Å². The highest BCUT2D eigenvalue weighted by Crippen LogP contribution is 2.29. The van der Waals surface area contributed by atoms with Gasteiger partial charge in [-0.3, -0.25) is 9.59 Å². The molecule has 22 heavy (non-hydrogen) atoms. The fourth-order valence-corrected chi connectivity index (χ4v) is 2.03. The van der Waals surface area contributed by atoms with E-state index in [1.807, 2.05) is 4.98 Å². The Morgan fingerprint density at radius 1 is 1.45 bits per heavy atom. The number of ether oxygens (including phenoxy) is 1. The third-order valence-electron chi connectivity index (χ3n) is 3.15. The Kier molecular flexibility index (Phi) is 5.98. The number of nitrogens with one attached hydrogen (secondary N) is 2. The number of carbonyl (C=O) groups excluding carboxylic acids is 1. The van der Waals surface area contributed by atoms with E-state index >= 15 is 0 Å². The van der Waals surface area contributed by atoms with Gasteiger partial charge in [0.2, 0.25) is 0 Å². The number of aromatic amines is 1. The minimum atomic E-state index is -4.61. The van der Waals surface area contributed by atoms with E-state index in [2.05, 4.69) is 5.32 Å². The summed E-state index contributed by atoms with van der Waals surface area (Å²) < 4.78 is 43.0. The van der Waals surface area contributed by atoms with Crippen molar-refractivity contribution in [3.05, 3.63) is 28.2 Å². The zero-order valence-corrected chi connectivity index (χ0v) is 12.1. The lowest BCUT2D eigenvalue weighted by atomic mass is 10.2. The van der Waals surface area contributed by atoms with Crippen molar-refractivity contribution in [1.29, 1.82) is 0 Å². The standard InChI is InChI=1S/C12H14F3N3O3.ClH/c13-12(14,15)6-3-8(10(19)17-5-6)18-11(20)9-2-1-7(4-16)21-9;/h3,5,7,9H,1-2,4,16H2,(H,17,19)(H,18,20);1H/t7-,9+;/m1./s1. The van der Waals surface area contributed by atoms with E-state index in [-0.39, 0.29) is 25.1 Å². The molecule has 0 bridgehead atoms. The van der Waals surface area contributed by atoms with Crippen LogP contribution in [0.15, 0.2) is 17.1 Å². The van der Waals surface area contributed by atoms with E-state index in [1.165, 1.54) is 0 Å². The minimum Gasteiger partial charge on any atom is -0.364 e.